The monoisotopic (exact) mass is 317 g/mol. The van der Waals surface area contributed by atoms with E-state index in [4.69, 9.17) is 0 Å². The molecule has 3 rings (SSSR count). The van der Waals surface area contributed by atoms with Crippen LogP contribution in [0.25, 0.3) is 10.2 Å². The molecule has 0 amide bonds. The maximum atomic E-state index is 9.48. The highest BCUT2D eigenvalue weighted by atomic mass is 32.2. The lowest BCUT2D eigenvalue weighted by Gasteiger charge is -2.07. The summed E-state index contributed by atoms with van der Waals surface area (Å²) < 4.78 is 0. The number of hydrogen-bond donors (Lipinski definition) is 2. The molecule has 2 aromatic heterocycles. The first kappa shape index (κ1) is 14.2. The number of thiophene rings is 1. The lowest BCUT2D eigenvalue weighted by atomic mass is 10.3. The molecule has 0 saturated carbocycles. The van der Waals surface area contributed by atoms with Crippen LogP contribution in [-0.2, 0) is 5.75 Å². The number of fused-ring (bicyclic) bond motifs is 1. The second kappa shape index (κ2) is 6.32. The third kappa shape index (κ3) is 3.28. The first-order chi connectivity index (χ1) is 10.3. The van der Waals surface area contributed by atoms with Gasteiger partial charge in [0.05, 0.1) is 11.1 Å². The number of anilines is 1. The van der Waals surface area contributed by atoms with Gasteiger partial charge in [-0.3, -0.25) is 0 Å². The standard InChI is InChI=1S/C15H15N3OS2/c1-2-16-14-12-6-7-20-15(12)18-13(17-14)9-21-11-5-3-4-10(19)8-11/h3-8,19H,2,9H2,1H3,(H,16,17,18). The van der Waals surface area contributed by atoms with Crippen LogP contribution in [0.3, 0.4) is 0 Å². The highest BCUT2D eigenvalue weighted by molar-refractivity contribution is 7.98. The van der Waals surface area contributed by atoms with Crippen molar-refractivity contribution in [3.8, 4) is 5.75 Å². The van der Waals surface area contributed by atoms with E-state index in [-0.39, 0.29) is 5.75 Å². The molecular weight excluding hydrogens is 302 g/mol. The van der Waals surface area contributed by atoms with Gasteiger partial charge in [-0.25, -0.2) is 9.97 Å². The molecule has 0 saturated heterocycles. The van der Waals surface area contributed by atoms with Crippen molar-refractivity contribution in [1.82, 2.24) is 9.97 Å². The lowest BCUT2D eigenvalue weighted by molar-refractivity contribution is 0.474. The fourth-order valence-electron chi connectivity index (χ4n) is 1.99. The van der Waals surface area contributed by atoms with Gasteiger partial charge in [0.1, 0.15) is 22.2 Å². The van der Waals surface area contributed by atoms with Gasteiger partial charge in [-0.15, -0.1) is 23.1 Å². The van der Waals surface area contributed by atoms with Crippen LogP contribution in [-0.4, -0.2) is 21.6 Å². The van der Waals surface area contributed by atoms with Crippen molar-refractivity contribution in [3.63, 3.8) is 0 Å². The van der Waals surface area contributed by atoms with Crippen LogP contribution in [0.4, 0.5) is 5.82 Å². The number of phenolic OH excluding ortho intramolecular Hbond substituents is 1. The smallest absolute Gasteiger partial charge is 0.142 e. The topological polar surface area (TPSA) is 58.0 Å². The summed E-state index contributed by atoms with van der Waals surface area (Å²) in [6, 6.07) is 9.27. The van der Waals surface area contributed by atoms with E-state index in [1.165, 1.54) is 0 Å². The zero-order chi connectivity index (χ0) is 14.7. The number of phenols is 1. The van der Waals surface area contributed by atoms with Crippen molar-refractivity contribution < 1.29 is 5.11 Å². The van der Waals surface area contributed by atoms with Crippen LogP contribution in [0, 0.1) is 0 Å². The van der Waals surface area contributed by atoms with E-state index >= 15 is 0 Å². The zero-order valence-electron chi connectivity index (χ0n) is 11.5. The summed E-state index contributed by atoms with van der Waals surface area (Å²) in [4.78, 5) is 11.2. The minimum Gasteiger partial charge on any atom is -0.508 e. The number of aromatic hydroxyl groups is 1. The van der Waals surface area contributed by atoms with Crippen LogP contribution in [0.1, 0.15) is 12.7 Å². The quantitative estimate of drug-likeness (QED) is 0.693. The molecule has 108 valence electrons. The molecule has 2 heterocycles. The number of thioether (sulfide) groups is 1. The van der Waals surface area contributed by atoms with Crippen molar-refractivity contribution in [1.29, 1.82) is 0 Å². The van der Waals surface area contributed by atoms with Gasteiger partial charge in [0.2, 0.25) is 0 Å². The van der Waals surface area contributed by atoms with Crippen LogP contribution < -0.4 is 5.32 Å². The van der Waals surface area contributed by atoms with Gasteiger partial charge in [-0.1, -0.05) is 6.07 Å². The third-order valence-electron chi connectivity index (χ3n) is 2.90. The summed E-state index contributed by atoms with van der Waals surface area (Å²) in [5.41, 5.74) is 0. The molecule has 1 aromatic carbocycles. The molecule has 21 heavy (non-hydrogen) atoms. The van der Waals surface area contributed by atoms with Gasteiger partial charge in [0, 0.05) is 11.4 Å². The summed E-state index contributed by atoms with van der Waals surface area (Å²) in [6.07, 6.45) is 0. The van der Waals surface area contributed by atoms with Gasteiger partial charge in [0.15, 0.2) is 0 Å². The number of hydrogen-bond acceptors (Lipinski definition) is 6. The van der Waals surface area contributed by atoms with Crippen LogP contribution in [0.15, 0.2) is 40.6 Å². The molecule has 0 fully saturated rings. The van der Waals surface area contributed by atoms with Crippen molar-refractivity contribution >= 4 is 39.1 Å². The molecule has 0 spiro atoms. The molecule has 0 bridgehead atoms. The lowest BCUT2D eigenvalue weighted by Crippen LogP contribution is -2.03. The van der Waals surface area contributed by atoms with E-state index in [9.17, 15) is 5.11 Å². The Kier molecular flexibility index (Phi) is 4.26. The van der Waals surface area contributed by atoms with Crippen molar-refractivity contribution in [2.24, 2.45) is 0 Å². The SMILES string of the molecule is CCNc1nc(CSc2cccc(O)c2)nc2sccc12. The molecule has 6 heteroatoms. The van der Waals surface area contributed by atoms with E-state index in [2.05, 4.69) is 22.2 Å². The second-order valence-electron chi connectivity index (χ2n) is 4.44. The molecule has 0 unspecified atom stereocenters. The zero-order valence-corrected chi connectivity index (χ0v) is 13.2. The van der Waals surface area contributed by atoms with Gasteiger partial charge in [-0.2, -0.15) is 0 Å². The van der Waals surface area contributed by atoms with Gasteiger partial charge in [0.25, 0.3) is 0 Å². The fraction of sp³-hybridized carbons (Fsp3) is 0.200. The molecule has 0 aliphatic heterocycles. The third-order valence-corrected chi connectivity index (χ3v) is 4.70. The Morgan fingerprint density at radius 1 is 1.29 bits per heavy atom. The Bertz CT molecular complexity index is 758. The predicted molar refractivity (Wildman–Crippen MR) is 89.2 cm³/mol. The van der Waals surface area contributed by atoms with E-state index in [1.54, 1.807) is 35.2 Å². The summed E-state index contributed by atoms with van der Waals surface area (Å²) in [5, 5.41) is 15.9. The van der Waals surface area contributed by atoms with E-state index in [0.29, 0.717) is 5.75 Å². The number of nitrogens with zero attached hydrogens (tertiary/aromatic N) is 2. The summed E-state index contributed by atoms with van der Waals surface area (Å²) >= 11 is 3.24. The maximum Gasteiger partial charge on any atom is 0.142 e. The number of aromatic nitrogens is 2. The van der Waals surface area contributed by atoms with Crippen LogP contribution in [0.2, 0.25) is 0 Å². The molecule has 3 aromatic rings. The second-order valence-corrected chi connectivity index (χ2v) is 6.39. The first-order valence-corrected chi connectivity index (χ1v) is 8.52. The largest absolute Gasteiger partial charge is 0.508 e. The first-order valence-electron chi connectivity index (χ1n) is 6.66. The van der Waals surface area contributed by atoms with Gasteiger partial charge < -0.3 is 10.4 Å². The van der Waals surface area contributed by atoms with Crippen LogP contribution in [0.5, 0.6) is 5.75 Å². The summed E-state index contributed by atoms with van der Waals surface area (Å²) in [5.74, 6) is 2.66. The van der Waals surface area contributed by atoms with E-state index < -0.39 is 0 Å². The van der Waals surface area contributed by atoms with E-state index in [1.807, 2.05) is 23.6 Å². The Morgan fingerprint density at radius 3 is 3.00 bits per heavy atom. The molecule has 0 aliphatic carbocycles. The molecule has 0 atom stereocenters. The van der Waals surface area contributed by atoms with Gasteiger partial charge >= 0.3 is 0 Å². The number of benzene rings is 1. The molecular formula is C15H15N3OS2. The molecule has 4 nitrogen and oxygen atoms in total. The van der Waals surface area contributed by atoms with Crippen molar-refractivity contribution in [3.05, 3.63) is 41.5 Å². The number of rotatable bonds is 5. The Labute approximate surface area is 131 Å². The molecule has 0 aliphatic rings. The summed E-state index contributed by atoms with van der Waals surface area (Å²) in [7, 11) is 0. The highest BCUT2D eigenvalue weighted by Crippen LogP contribution is 2.28. The van der Waals surface area contributed by atoms with Crippen molar-refractivity contribution in [2.75, 3.05) is 11.9 Å². The summed E-state index contributed by atoms with van der Waals surface area (Å²) in [6.45, 7) is 2.89. The highest BCUT2D eigenvalue weighted by Gasteiger charge is 2.08. The Morgan fingerprint density at radius 2 is 2.19 bits per heavy atom. The van der Waals surface area contributed by atoms with E-state index in [0.717, 1.165) is 33.3 Å². The molecule has 0 radical (unpaired) electrons. The van der Waals surface area contributed by atoms with Crippen LogP contribution >= 0.6 is 23.1 Å². The fourth-order valence-corrected chi connectivity index (χ4v) is 3.57. The number of nitrogens with one attached hydrogen (secondary N) is 1. The average Bonchev–Trinajstić information content (AvgIpc) is 2.94. The average molecular weight is 317 g/mol. The molecule has 2 N–H and O–H groups in total. The maximum absolute atomic E-state index is 9.48. The Balaban J connectivity index is 1.83. The van der Waals surface area contributed by atoms with Gasteiger partial charge in [-0.05, 0) is 36.6 Å². The normalized spacial score (nSPS) is 10.9. The Hall–Kier alpha value is -1.79. The minimum atomic E-state index is 0.281. The minimum absolute atomic E-state index is 0.281. The predicted octanol–water partition coefficient (Wildman–Crippen LogP) is 4.12. The van der Waals surface area contributed by atoms with Crippen molar-refractivity contribution in [2.45, 2.75) is 17.6 Å².